The minimum absolute atomic E-state index is 0.0855. The van der Waals surface area contributed by atoms with Crippen LogP contribution in [-0.2, 0) is 9.53 Å². The average molecular weight is 246 g/mol. The molecule has 0 aliphatic carbocycles. The van der Waals surface area contributed by atoms with Gasteiger partial charge in [0.1, 0.15) is 0 Å². The van der Waals surface area contributed by atoms with Crippen LogP contribution in [0, 0.1) is 0 Å². The number of carbonyl (C=O) groups is 1. The Morgan fingerprint density at radius 3 is 2.76 bits per heavy atom. The van der Waals surface area contributed by atoms with Crippen molar-refractivity contribution in [1.82, 2.24) is 10.6 Å². The van der Waals surface area contributed by atoms with Gasteiger partial charge in [0.2, 0.25) is 5.91 Å². The van der Waals surface area contributed by atoms with Crippen molar-refractivity contribution in [2.75, 3.05) is 33.4 Å². The summed E-state index contributed by atoms with van der Waals surface area (Å²) in [7, 11) is 1.58. The van der Waals surface area contributed by atoms with E-state index in [1.54, 1.807) is 7.05 Å². The van der Waals surface area contributed by atoms with Gasteiger partial charge in [-0.3, -0.25) is 4.79 Å². The number of hydrogen-bond donors (Lipinski definition) is 3. The molecule has 17 heavy (non-hydrogen) atoms. The molecule has 5 heteroatoms. The number of nitrogens with one attached hydrogen (secondary N) is 2. The summed E-state index contributed by atoms with van der Waals surface area (Å²) in [6, 6.07) is 0. The first-order valence-corrected chi connectivity index (χ1v) is 6.37. The van der Waals surface area contributed by atoms with Crippen LogP contribution in [0.1, 0.15) is 32.6 Å². The highest BCUT2D eigenvalue weighted by atomic mass is 16.5. The summed E-state index contributed by atoms with van der Waals surface area (Å²) >= 11 is 0. The molecule has 0 fully saturated rings. The van der Waals surface area contributed by atoms with Crippen LogP contribution in [-0.4, -0.2) is 50.5 Å². The Labute approximate surface area is 104 Å². The van der Waals surface area contributed by atoms with Crippen LogP contribution >= 0.6 is 0 Å². The highest BCUT2D eigenvalue weighted by molar-refractivity contribution is 5.77. The van der Waals surface area contributed by atoms with E-state index < -0.39 is 6.10 Å². The molecule has 0 heterocycles. The minimum Gasteiger partial charge on any atom is -0.389 e. The van der Waals surface area contributed by atoms with Crippen molar-refractivity contribution < 1.29 is 14.6 Å². The Hall–Kier alpha value is -0.650. The molecule has 1 atom stereocenters. The molecule has 0 aliphatic heterocycles. The molecule has 0 aromatic heterocycles. The summed E-state index contributed by atoms with van der Waals surface area (Å²) < 4.78 is 5.34. The highest BCUT2D eigenvalue weighted by Crippen LogP contribution is 1.99. The molecule has 102 valence electrons. The predicted molar refractivity (Wildman–Crippen MR) is 67.9 cm³/mol. The normalized spacial score (nSPS) is 12.4. The first-order chi connectivity index (χ1) is 8.20. The van der Waals surface area contributed by atoms with Crippen molar-refractivity contribution in [3.63, 3.8) is 0 Å². The third-order valence-corrected chi connectivity index (χ3v) is 2.40. The highest BCUT2D eigenvalue weighted by Gasteiger charge is 2.04. The zero-order valence-electron chi connectivity index (χ0n) is 11.0. The Kier molecular flexibility index (Phi) is 11.4. The predicted octanol–water partition coefficient (Wildman–Crippen LogP) is 0.280. The maximum absolute atomic E-state index is 10.9. The van der Waals surface area contributed by atoms with Gasteiger partial charge < -0.3 is 20.5 Å². The molecule has 1 unspecified atom stereocenters. The van der Waals surface area contributed by atoms with Gasteiger partial charge in [0.15, 0.2) is 0 Å². The molecule has 1 amide bonds. The standard InChI is InChI=1S/C12H26N2O3/c1-3-4-5-6-7-17-10-11(15)8-14-9-12(16)13-2/h11,14-15H,3-10H2,1-2H3,(H,13,16). The average Bonchev–Trinajstić information content (AvgIpc) is 2.33. The second-order valence-corrected chi connectivity index (χ2v) is 4.09. The van der Waals surface area contributed by atoms with Crippen LogP contribution in [0.3, 0.4) is 0 Å². The SMILES string of the molecule is CCCCCCOCC(O)CNCC(=O)NC. The molecular formula is C12H26N2O3. The van der Waals surface area contributed by atoms with Gasteiger partial charge in [-0.25, -0.2) is 0 Å². The second kappa shape index (κ2) is 11.8. The number of amides is 1. The van der Waals surface area contributed by atoms with E-state index in [0.29, 0.717) is 19.8 Å². The van der Waals surface area contributed by atoms with Crippen LogP contribution in [0.4, 0.5) is 0 Å². The Bertz CT molecular complexity index is 189. The number of unbranched alkanes of at least 4 members (excludes halogenated alkanes) is 3. The van der Waals surface area contributed by atoms with E-state index in [2.05, 4.69) is 17.6 Å². The third-order valence-electron chi connectivity index (χ3n) is 2.40. The summed E-state index contributed by atoms with van der Waals surface area (Å²) in [5, 5.41) is 14.9. The van der Waals surface area contributed by atoms with Crippen molar-refractivity contribution >= 4 is 5.91 Å². The van der Waals surface area contributed by atoms with Gasteiger partial charge in [-0.1, -0.05) is 26.2 Å². The van der Waals surface area contributed by atoms with E-state index in [9.17, 15) is 9.90 Å². The number of likely N-dealkylation sites (N-methyl/N-ethyl adjacent to an activating group) is 1. The van der Waals surface area contributed by atoms with Crippen molar-refractivity contribution in [1.29, 1.82) is 0 Å². The van der Waals surface area contributed by atoms with Gasteiger partial charge in [0, 0.05) is 20.2 Å². The monoisotopic (exact) mass is 246 g/mol. The quantitative estimate of drug-likeness (QED) is 0.458. The van der Waals surface area contributed by atoms with Gasteiger partial charge in [-0.2, -0.15) is 0 Å². The molecule has 0 spiro atoms. The minimum atomic E-state index is -0.550. The lowest BCUT2D eigenvalue weighted by Gasteiger charge is -2.11. The summed E-state index contributed by atoms with van der Waals surface area (Å²) in [6.07, 6.45) is 4.13. The molecule has 0 saturated heterocycles. The van der Waals surface area contributed by atoms with Crippen molar-refractivity contribution in [3.05, 3.63) is 0 Å². The van der Waals surface area contributed by atoms with E-state index in [1.165, 1.54) is 19.3 Å². The molecule has 0 bridgehead atoms. The zero-order valence-corrected chi connectivity index (χ0v) is 11.0. The molecular weight excluding hydrogens is 220 g/mol. The fourth-order valence-corrected chi connectivity index (χ4v) is 1.35. The third kappa shape index (κ3) is 11.6. The Morgan fingerprint density at radius 2 is 2.12 bits per heavy atom. The van der Waals surface area contributed by atoms with Crippen LogP contribution in [0.5, 0.6) is 0 Å². The first-order valence-electron chi connectivity index (χ1n) is 6.37. The number of hydrogen-bond acceptors (Lipinski definition) is 4. The lowest BCUT2D eigenvalue weighted by molar-refractivity contribution is -0.119. The lowest BCUT2D eigenvalue weighted by Crippen LogP contribution is -2.37. The largest absolute Gasteiger partial charge is 0.389 e. The number of rotatable bonds is 11. The van der Waals surface area contributed by atoms with Gasteiger partial charge in [0.05, 0.1) is 19.3 Å². The van der Waals surface area contributed by atoms with Crippen molar-refractivity contribution in [2.24, 2.45) is 0 Å². The van der Waals surface area contributed by atoms with Crippen molar-refractivity contribution in [3.8, 4) is 0 Å². The first kappa shape index (κ1) is 16.4. The fourth-order valence-electron chi connectivity index (χ4n) is 1.35. The van der Waals surface area contributed by atoms with Gasteiger partial charge in [-0.05, 0) is 6.42 Å². The van der Waals surface area contributed by atoms with Crippen LogP contribution in [0.25, 0.3) is 0 Å². The summed E-state index contributed by atoms with van der Waals surface area (Å²) in [4.78, 5) is 10.9. The molecule has 0 aromatic rings. The van der Waals surface area contributed by atoms with Crippen LogP contribution in [0.2, 0.25) is 0 Å². The second-order valence-electron chi connectivity index (χ2n) is 4.09. The molecule has 5 nitrogen and oxygen atoms in total. The molecule has 0 aliphatic rings. The van der Waals surface area contributed by atoms with E-state index in [-0.39, 0.29) is 12.5 Å². The smallest absolute Gasteiger partial charge is 0.233 e. The van der Waals surface area contributed by atoms with E-state index >= 15 is 0 Å². The van der Waals surface area contributed by atoms with Crippen molar-refractivity contribution in [2.45, 2.75) is 38.7 Å². The van der Waals surface area contributed by atoms with E-state index in [1.807, 2.05) is 0 Å². The summed E-state index contributed by atoms with van der Waals surface area (Å²) in [6.45, 7) is 3.80. The van der Waals surface area contributed by atoms with Crippen LogP contribution < -0.4 is 10.6 Å². The topological polar surface area (TPSA) is 70.6 Å². The van der Waals surface area contributed by atoms with Gasteiger partial charge in [0.25, 0.3) is 0 Å². The Morgan fingerprint density at radius 1 is 1.35 bits per heavy atom. The number of aliphatic hydroxyl groups is 1. The number of carbonyl (C=O) groups excluding carboxylic acids is 1. The van der Waals surface area contributed by atoms with Gasteiger partial charge >= 0.3 is 0 Å². The number of ether oxygens (including phenoxy) is 1. The Balaban J connectivity index is 3.23. The fraction of sp³-hybridized carbons (Fsp3) is 0.917. The summed E-state index contributed by atoms with van der Waals surface area (Å²) in [5.41, 5.74) is 0. The molecule has 0 saturated carbocycles. The maximum atomic E-state index is 10.9. The molecule has 0 rings (SSSR count). The number of aliphatic hydroxyl groups excluding tert-OH is 1. The maximum Gasteiger partial charge on any atom is 0.233 e. The van der Waals surface area contributed by atoms with E-state index in [0.717, 1.165) is 6.42 Å². The molecule has 0 radical (unpaired) electrons. The molecule has 3 N–H and O–H groups in total. The van der Waals surface area contributed by atoms with E-state index in [4.69, 9.17) is 4.74 Å². The zero-order chi connectivity index (χ0) is 12.9. The van der Waals surface area contributed by atoms with Gasteiger partial charge in [-0.15, -0.1) is 0 Å². The lowest BCUT2D eigenvalue weighted by atomic mass is 10.2. The molecule has 0 aromatic carbocycles. The van der Waals surface area contributed by atoms with Crippen LogP contribution in [0.15, 0.2) is 0 Å². The summed E-state index contributed by atoms with van der Waals surface area (Å²) in [5.74, 6) is -0.0855.